The average molecular weight is 462 g/mol. The summed E-state index contributed by atoms with van der Waals surface area (Å²) in [4.78, 5) is 25.4. The molecule has 0 spiro atoms. The molecule has 3 aromatic rings. The van der Waals surface area contributed by atoms with Gasteiger partial charge in [-0.3, -0.25) is 9.59 Å². The summed E-state index contributed by atoms with van der Waals surface area (Å²) < 4.78 is 11.0. The van der Waals surface area contributed by atoms with E-state index in [1.807, 2.05) is 73.7 Å². The van der Waals surface area contributed by atoms with Crippen LogP contribution in [-0.4, -0.2) is 44.7 Å². The maximum Gasteiger partial charge on any atom is 0.251 e. The summed E-state index contributed by atoms with van der Waals surface area (Å²) in [6.07, 6.45) is -0.824. The highest BCUT2D eigenvalue weighted by molar-refractivity contribution is 5.94. The van der Waals surface area contributed by atoms with Gasteiger partial charge in [-0.25, -0.2) is 0 Å². The summed E-state index contributed by atoms with van der Waals surface area (Å²) in [5.41, 5.74) is 3.42. The predicted octanol–water partition coefficient (Wildman–Crippen LogP) is 3.55. The number of hydrogen-bond donors (Lipinski definition) is 3. The summed E-state index contributed by atoms with van der Waals surface area (Å²) in [5, 5.41) is 8.94. The number of carbonyl (C=O) groups excluding carboxylic acids is 2. The zero-order chi connectivity index (χ0) is 24.2. The van der Waals surface area contributed by atoms with Crippen molar-refractivity contribution >= 4 is 17.5 Å². The number of amides is 2. The molecule has 178 valence electrons. The van der Waals surface area contributed by atoms with Crippen molar-refractivity contribution in [2.45, 2.75) is 19.6 Å². The third kappa shape index (κ3) is 7.94. The number of aryl methyl sites for hydroxylation is 1. The molecule has 1 unspecified atom stereocenters. The van der Waals surface area contributed by atoms with Gasteiger partial charge in [0.05, 0.1) is 20.3 Å². The lowest BCUT2D eigenvalue weighted by molar-refractivity contribution is -0.133. The molecule has 0 aliphatic heterocycles. The van der Waals surface area contributed by atoms with Crippen molar-refractivity contribution in [3.05, 3.63) is 95.6 Å². The minimum Gasteiger partial charge on any atom is -0.497 e. The largest absolute Gasteiger partial charge is 0.497 e. The topological polar surface area (TPSA) is 88.7 Å². The quantitative estimate of drug-likeness (QED) is 0.359. The summed E-state index contributed by atoms with van der Waals surface area (Å²) >= 11 is 0. The Morgan fingerprint density at radius 2 is 1.65 bits per heavy atom. The van der Waals surface area contributed by atoms with Crippen LogP contribution in [0.25, 0.3) is 0 Å². The zero-order valence-electron chi connectivity index (χ0n) is 19.5. The third-order valence-corrected chi connectivity index (χ3v) is 5.16. The number of nitrogens with one attached hydrogen (secondary N) is 3. The molecule has 0 fully saturated rings. The van der Waals surface area contributed by atoms with Crippen molar-refractivity contribution in [3.8, 4) is 5.75 Å². The predicted molar refractivity (Wildman–Crippen MR) is 133 cm³/mol. The van der Waals surface area contributed by atoms with Crippen LogP contribution >= 0.6 is 0 Å². The van der Waals surface area contributed by atoms with Gasteiger partial charge in [-0.1, -0.05) is 48.0 Å². The smallest absolute Gasteiger partial charge is 0.251 e. The number of rotatable bonds is 12. The summed E-state index contributed by atoms with van der Waals surface area (Å²) in [6, 6.07) is 24.5. The standard InChI is InChI=1S/C27H31N3O4/c1-20-7-6-10-22(17-20)26(31)30-18-25(34-19-21-8-4-3-5-9-21)27(32)29-16-15-28-23-11-13-24(33-2)14-12-23/h3-14,17,25,28H,15-16,18-19H2,1-2H3,(H,29,32)(H,30,31). The van der Waals surface area contributed by atoms with Gasteiger partial charge in [0.25, 0.3) is 11.8 Å². The molecule has 2 amide bonds. The van der Waals surface area contributed by atoms with Gasteiger partial charge in [0.1, 0.15) is 5.75 Å². The maximum absolute atomic E-state index is 12.8. The van der Waals surface area contributed by atoms with E-state index in [-0.39, 0.29) is 25.0 Å². The van der Waals surface area contributed by atoms with E-state index >= 15 is 0 Å². The second-order valence-electron chi connectivity index (χ2n) is 7.81. The highest BCUT2D eigenvalue weighted by atomic mass is 16.5. The lowest BCUT2D eigenvalue weighted by Gasteiger charge is -2.19. The fraction of sp³-hybridized carbons (Fsp3) is 0.259. The van der Waals surface area contributed by atoms with Crippen LogP contribution in [0.4, 0.5) is 5.69 Å². The van der Waals surface area contributed by atoms with Crippen molar-refractivity contribution < 1.29 is 19.1 Å². The Morgan fingerprint density at radius 3 is 2.35 bits per heavy atom. The molecule has 0 heterocycles. The number of hydrogen-bond acceptors (Lipinski definition) is 5. The van der Waals surface area contributed by atoms with Gasteiger partial charge in [0, 0.05) is 24.3 Å². The minimum absolute atomic E-state index is 0.0668. The van der Waals surface area contributed by atoms with Crippen LogP contribution in [0.3, 0.4) is 0 Å². The van der Waals surface area contributed by atoms with Gasteiger partial charge in [-0.05, 0) is 48.9 Å². The van der Waals surface area contributed by atoms with Crippen LogP contribution in [0, 0.1) is 6.92 Å². The van der Waals surface area contributed by atoms with E-state index in [4.69, 9.17) is 9.47 Å². The van der Waals surface area contributed by atoms with Gasteiger partial charge in [-0.15, -0.1) is 0 Å². The van der Waals surface area contributed by atoms with Crippen LogP contribution in [0.1, 0.15) is 21.5 Å². The van der Waals surface area contributed by atoms with E-state index in [9.17, 15) is 9.59 Å². The third-order valence-electron chi connectivity index (χ3n) is 5.16. The highest BCUT2D eigenvalue weighted by Gasteiger charge is 2.20. The molecule has 7 nitrogen and oxygen atoms in total. The van der Waals surface area contributed by atoms with E-state index < -0.39 is 6.10 Å². The van der Waals surface area contributed by atoms with Gasteiger partial charge in [-0.2, -0.15) is 0 Å². The second kappa shape index (κ2) is 13.0. The van der Waals surface area contributed by atoms with Crippen molar-refractivity contribution in [1.29, 1.82) is 0 Å². The van der Waals surface area contributed by atoms with Crippen molar-refractivity contribution in [2.75, 3.05) is 32.1 Å². The molecule has 0 aromatic heterocycles. The highest BCUT2D eigenvalue weighted by Crippen LogP contribution is 2.14. The van der Waals surface area contributed by atoms with Crippen molar-refractivity contribution in [3.63, 3.8) is 0 Å². The fourth-order valence-corrected chi connectivity index (χ4v) is 3.29. The van der Waals surface area contributed by atoms with E-state index in [0.717, 1.165) is 22.6 Å². The lowest BCUT2D eigenvalue weighted by atomic mass is 10.1. The van der Waals surface area contributed by atoms with Crippen LogP contribution < -0.4 is 20.7 Å². The molecule has 0 saturated carbocycles. The first kappa shape index (κ1) is 24.8. The fourth-order valence-electron chi connectivity index (χ4n) is 3.29. The summed E-state index contributed by atoms with van der Waals surface area (Å²) in [5.74, 6) is 0.257. The molecule has 0 bridgehead atoms. The van der Waals surface area contributed by atoms with Crippen LogP contribution in [0.15, 0.2) is 78.9 Å². The molecule has 0 aliphatic carbocycles. The molecule has 0 radical (unpaired) electrons. The summed E-state index contributed by atoms with van der Waals surface area (Å²) in [6.45, 7) is 3.21. The minimum atomic E-state index is -0.824. The van der Waals surface area contributed by atoms with Gasteiger partial charge < -0.3 is 25.4 Å². The van der Waals surface area contributed by atoms with E-state index in [0.29, 0.717) is 18.7 Å². The van der Waals surface area contributed by atoms with E-state index in [1.165, 1.54) is 0 Å². The molecule has 1 atom stereocenters. The monoisotopic (exact) mass is 461 g/mol. The second-order valence-corrected chi connectivity index (χ2v) is 7.81. The molecule has 3 rings (SSSR count). The molecule has 7 heteroatoms. The lowest BCUT2D eigenvalue weighted by Crippen LogP contribution is -2.45. The Bertz CT molecular complexity index is 1050. The van der Waals surface area contributed by atoms with Gasteiger partial charge in [0.2, 0.25) is 0 Å². The van der Waals surface area contributed by atoms with Crippen molar-refractivity contribution in [1.82, 2.24) is 10.6 Å². The molecule has 3 aromatic carbocycles. The Hall–Kier alpha value is -3.84. The Labute approximate surface area is 200 Å². The molecule has 0 saturated heterocycles. The van der Waals surface area contributed by atoms with Crippen molar-refractivity contribution in [2.24, 2.45) is 0 Å². The first-order chi connectivity index (χ1) is 16.5. The molecular formula is C27H31N3O4. The molecule has 3 N–H and O–H groups in total. The first-order valence-corrected chi connectivity index (χ1v) is 11.2. The van der Waals surface area contributed by atoms with Crippen LogP contribution in [-0.2, 0) is 16.1 Å². The molecule has 34 heavy (non-hydrogen) atoms. The number of carbonyl (C=O) groups is 2. The number of methoxy groups -OCH3 is 1. The van der Waals surface area contributed by atoms with Crippen LogP contribution in [0.2, 0.25) is 0 Å². The average Bonchev–Trinajstić information content (AvgIpc) is 2.87. The number of anilines is 1. The maximum atomic E-state index is 12.8. The molecular weight excluding hydrogens is 430 g/mol. The molecule has 0 aliphatic rings. The van der Waals surface area contributed by atoms with Crippen LogP contribution in [0.5, 0.6) is 5.75 Å². The van der Waals surface area contributed by atoms with Gasteiger partial charge in [0.15, 0.2) is 6.10 Å². The summed E-state index contributed by atoms with van der Waals surface area (Å²) in [7, 11) is 1.62. The van der Waals surface area contributed by atoms with E-state index in [2.05, 4.69) is 16.0 Å². The Kier molecular flexibility index (Phi) is 9.49. The number of ether oxygens (including phenoxy) is 2. The Balaban J connectivity index is 1.52. The SMILES string of the molecule is COc1ccc(NCCNC(=O)C(CNC(=O)c2cccc(C)c2)OCc2ccccc2)cc1. The Morgan fingerprint density at radius 1 is 0.882 bits per heavy atom. The first-order valence-electron chi connectivity index (χ1n) is 11.2. The van der Waals surface area contributed by atoms with Gasteiger partial charge >= 0.3 is 0 Å². The van der Waals surface area contributed by atoms with E-state index in [1.54, 1.807) is 19.2 Å². The number of benzene rings is 3. The normalized spacial score (nSPS) is 11.4. The zero-order valence-corrected chi connectivity index (χ0v) is 19.5.